The summed E-state index contributed by atoms with van der Waals surface area (Å²) in [7, 11) is -2.86. The lowest BCUT2D eigenvalue weighted by Gasteiger charge is -2.37. The second-order valence-corrected chi connectivity index (χ2v) is 18.9. The molecular formula is C25H38F2N4O2SSi. The van der Waals surface area contributed by atoms with E-state index >= 15 is 0 Å². The van der Waals surface area contributed by atoms with Crippen molar-refractivity contribution in [1.82, 2.24) is 9.55 Å². The summed E-state index contributed by atoms with van der Waals surface area (Å²) in [6, 6.07) is 8.54. The second-order valence-electron chi connectivity index (χ2n) is 11.6. The molecule has 3 rings (SSSR count). The van der Waals surface area contributed by atoms with E-state index in [1.54, 1.807) is 12.1 Å². The predicted octanol–water partition coefficient (Wildman–Crippen LogP) is 5.92. The minimum absolute atomic E-state index is 0.0366. The third-order valence-electron chi connectivity index (χ3n) is 7.04. The molecule has 6 nitrogen and oxygen atoms in total. The van der Waals surface area contributed by atoms with Gasteiger partial charge in [-0.2, -0.15) is 5.26 Å². The number of aromatic nitrogens is 2. The molecule has 1 fully saturated rings. The van der Waals surface area contributed by atoms with Crippen molar-refractivity contribution in [3.05, 3.63) is 29.6 Å². The highest BCUT2D eigenvalue weighted by atomic mass is 32.2. The van der Waals surface area contributed by atoms with Gasteiger partial charge < -0.3 is 9.30 Å². The standard InChI is InChI=1S/C25H38F2N4O2SSi/c1-24(2,34(29)32)15-20(19-8-10-25(26,27)11-9-19)23-30-21-14-18(16-28)6-7-22(21)31(23)17-33-12-13-35(3,4)5/h6-7,14,19-20H,8-13,15,17,29H2,1-5H3/t20-,34?/m0/s1. The van der Waals surface area contributed by atoms with E-state index < -0.39 is 29.7 Å². The molecule has 1 aromatic heterocycles. The first kappa shape index (κ1) is 27.9. The summed E-state index contributed by atoms with van der Waals surface area (Å²) in [6.45, 7) is 11.5. The third-order valence-corrected chi connectivity index (χ3v) is 10.0. The molecule has 35 heavy (non-hydrogen) atoms. The van der Waals surface area contributed by atoms with E-state index in [2.05, 4.69) is 25.7 Å². The summed E-state index contributed by atoms with van der Waals surface area (Å²) >= 11 is 0. The summed E-state index contributed by atoms with van der Waals surface area (Å²) in [5.74, 6) is -2.16. The Kier molecular flexibility index (Phi) is 8.57. The zero-order valence-electron chi connectivity index (χ0n) is 21.4. The molecule has 0 radical (unpaired) electrons. The highest BCUT2D eigenvalue weighted by Gasteiger charge is 2.42. The fourth-order valence-electron chi connectivity index (χ4n) is 4.72. The molecule has 0 amide bonds. The fraction of sp³-hybridized carbons (Fsp3) is 0.680. The number of fused-ring (bicyclic) bond motifs is 1. The number of ether oxygens (including phenoxy) is 1. The SMILES string of the molecule is CC(C)(C[C@H](c1nc2cc(C#N)ccc2n1COCC[Si](C)(C)C)C1CCC(F)(F)CC1)S(N)=O. The Morgan fingerprint density at radius 3 is 2.57 bits per heavy atom. The maximum Gasteiger partial charge on any atom is 0.248 e. The van der Waals surface area contributed by atoms with Crippen LogP contribution in [0.25, 0.3) is 11.0 Å². The molecule has 0 aliphatic heterocycles. The van der Waals surface area contributed by atoms with E-state index in [0.717, 1.165) is 17.4 Å². The molecule has 1 aliphatic carbocycles. The Bertz CT molecular complexity index is 1100. The molecule has 0 saturated heterocycles. The van der Waals surface area contributed by atoms with Crippen LogP contribution in [-0.2, 0) is 22.5 Å². The van der Waals surface area contributed by atoms with Gasteiger partial charge in [0, 0.05) is 33.4 Å². The van der Waals surface area contributed by atoms with Crippen LogP contribution in [0.3, 0.4) is 0 Å². The zero-order valence-corrected chi connectivity index (χ0v) is 23.3. The van der Waals surface area contributed by atoms with Crippen molar-refractivity contribution >= 4 is 30.1 Å². The Morgan fingerprint density at radius 1 is 1.34 bits per heavy atom. The Labute approximate surface area is 210 Å². The van der Waals surface area contributed by atoms with Crippen molar-refractivity contribution < 1.29 is 17.7 Å². The van der Waals surface area contributed by atoms with Crippen LogP contribution in [0, 0.1) is 17.2 Å². The maximum atomic E-state index is 14.0. The van der Waals surface area contributed by atoms with Gasteiger partial charge in [-0.05, 0) is 63.3 Å². The first-order valence-electron chi connectivity index (χ1n) is 12.2. The predicted molar refractivity (Wildman–Crippen MR) is 139 cm³/mol. The topological polar surface area (TPSA) is 93.9 Å². The van der Waals surface area contributed by atoms with Gasteiger partial charge in [-0.3, -0.25) is 5.14 Å². The quantitative estimate of drug-likeness (QED) is 0.308. The van der Waals surface area contributed by atoms with Crippen molar-refractivity contribution in [2.24, 2.45) is 11.1 Å². The monoisotopic (exact) mass is 524 g/mol. The number of alkyl halides is 2. The first-order chi connectivity index (χ1) is 16.2. The number of imidazole rings is 1. The van der Waals surface area contributed by atoms with Crippen LogP contribution in [0.15, 0.2) is 18.2 Å². The average molecular weight is 525 g/mol. The summed E-state index contributed by atoms with van der Waals surface area (Å²) in [5, 5.41) is 15.2. The molecule has 10 heteroatoms. The van der Waals surface area contributed by atoms with Crippen molar-refractivity contribution in [2.45, 2.75) is 95.0 Å². The van der Waals surface area contributed by atoms with Crippen LogP contribution in [0.2, 0.25) is 25.7 Å². The van der Waals surface area contributed by atoms with Crippen LogP contribution < -0.4 is 5.14 Å². The number of hydrogen-bond acceptors (Lipinski definition) is 4. The number of rotatable bonds is 10. The summed E-state index contributed by atoms with van der Waals surface area (Å²) < 4.78 is 47.7. The molecule has 2 N–H and O–H groups in total. The molecule has 2 atom stereocenters. The van der Waals surface area contributed by atoms with Gasteiger partial charge in [0.1, 0.15) is 12.6 Å². The number of benzene rings is 1. The van der Waals surface area contributed by atoms with Crippen LogP contribution in [0.1, 0.15) is 63.3 Å². The third kappa shape index (κ3) is 7.19. The Balaban J connectivity index is 2.03. The second kappa shape index (κ2) is 10.7. The van der Waals surface area contributed by atoms with Gasteiger partial charge >= 0.3 is 0 Å². The van der Waals surface area contributed by atoms with Crippen LogP contribution in [-0.4, -0.2) is 39.1 Å². The van der Waals surface area contributed by atoms with Crippen molar-refractivity contribution in [2.75, 3.05) is 6.61 Å². The molecule has 1 aromatic carbocycles. The minimum Gasteiger partial charge on any atom is -0.361 e. The maximum absolute atomic E-state index is 14.0. The van der Waals surface area contributed by atoms with Gasteiger partial charge in [-0.1, -0.05) is 19.6 Å². The Hall–Kier alpha value is -1.67. The number of halogens is 2. The van der Waals surface area contributed by atoms with E-state index in [1.165, 1.54) is 0 Å². The lowest BCUT2D eigenvalue weighted by molar-refractivity contribution is -0.0496. The van der Waals surface area contributed by atoms with Crippen LogP contribution in [0.5, 0.6) is 0 Å². The number of hydrogen-bond donors (Lipinski definition) is 1. The van der Waals surface area contributed by atoms with Gasteiger partial charge in [0.2, 0.25) is 5.92 Å². The van der Waals surface area contributed by atoms with E-state index in [-0.39, 0.29) is 31.4 Å². The molecule has 1 unspecified atom stereocenters. The van der Waals surface area contributed by atoms with Crippen LogP contribution >= 0.6 is 0 Å². The molecule has 0 bridgehead atoms. The molecular weight excluding hydrogens is 486 g/mol. The molecule has 2 aromatic rings. The van der Waals surface area contributed by atoms with Gasteiger partial charge in [0.15, 0.2) is 0 Å². The first-order valence-corrected chi connectivity index (χ1v) is 17.2. The lowest BCUT2D eigenvalue weighted by atomic mass is 9.75. The normalized spacial score (nSPS) is 18.9. The van der Waals surface area contributed by atoms with E-state index in [1.807, 2.05) is 24.5 Å². The molecule has 1 aliphatic rings. The molecule has 1 heterocycles. The largest absolute Gasteiger partial charge is 0.361 e. The fourth-order valence-corrected chi connectivity index (χ4v) is 5.82. The van der Waals surface area contributed by atoms with Gasteiger partial charge in [0.05, 0.1) is 38.4 Å². The van der Waals surface area contributed by atoms with Crippen molar-refractivity contribution in [1.29, 1.82) is 5.26 Å². The summed E-state index contributed by atoms with van der Waals surface area (Å²) in [5.41, 5.74) is 2.01. The van der Waals surface area contributed by atoms with Crippen molar-refractivity contribution in [3.8, 4) is 6.07 Å². The van der Waals surface area contributed by atoms with Crippen molar-refractivity contribution in [3.63, 3.8) is 0 Å². The highest BCUT2D eigenvalue weighted by Crippen LogP contribution is 2.46. The molecule has 194 valence electrons. The van der Waals surface area contributed by atoms with Gasteiger partial charge in [-0.15, -0.1) is 0 Å². The highest BCUT2D eigenvalue weighted by molar-refractivity contribution is 7.84. The van der Waals surface area contributed by atoms with E-state index in [0.29, 0.717) is 36.9 Å². The number of nitriles is 1. The average Bonchev–Trinajstić information content (AvgIpc) is 3.12. The van der Waals surface area contributed by atoms with Gasteiger partial charge in [0.25, 0.3) is 0 Å². The van der Waals surface area contributed by atoms with E-state index in [4.69, 9.17) is 14.9 Å². The van der Waals surface area contributed by atoms with E-state index in [9.17, 15) is 18.3 Å². The number of nitrogens with zero attached hydrogens (tertiary/aromatic N) is 3. The summed E-state index contributed by atoms with van der Waals surface area (Å²) in [6.07, 6.45) is 0.871. The minimum atomic E-state index is -2.64. The van der Waals surface area contributed by atoms with Gasteiger partial charge in [-0.25, -0.2) is 18.0 Å². The zero-order chi connectivity index (χ0) is 26.0. The number of nitrogens with two attached hydrogens (primary N) is 1. The molecule has 0 spiro atoms. The lowest BCUT2D eigenvalue weighted by Crippen LogP contribution is -2.37. The Morgan fingerprint density at radius 2 is 2.00 bits per heavy atom. The molecule has 1 saturated carbocycles. The summed E-state index contributed by atoms with van der Waals surface area (Å²) in [4.78, 5) is 4.92. The smallest absolute Gasteiger partial charge is 0.248 e. The van der Waals surface area contributed by atoms with Crippen LogP contribution in [0.4, 0.5) is 8.78 Å².